The van der Waals surface area contributed by atoms with Crippen molar-refractivity contribution in [2.45, 2.75) is 19.3 Å². The normalized spacial score (nSPS) is 15.5. The highest BCUT2D eigenvalue weighted by Gasteiger charge is 2.33. The summed E-state index contributed by atoms with van der Waals surface area (Å²) in [6, 6.07) is 10.8. The molecule has 3 N–H and O–H groups in total. The van der Waals surface area contributed by atoms with Gasteiger partial charge in [-0.3, -0.25) is 9.59 Å². The van der Waals surface area contributed by atoms with E-state index in [1.165, 1.54) is 6.33 Å². The summed E-state index contributed by atoms with van der Waals surface area (Å²) in [6.45, 7) is 1.68. The van der Waals surface area contributed by atoms with Gasteiger partial charge in [-0.15, -0.1) is 15.3 Å². The largest absolute Gasteiger partial charge is 0.484 e. The molecule has 0 fully saturated rings. The molecule has 11 nitrogen and oxygen atoms in total. The number of nitrogens with zero attached hydrogens (tertiary/aromatic N) is 6. The Morgan fingerprint density at radius 3 is 3.00 bits per heavy atom. The van der Waals surface area contributed by atoms with Crippen LogP contribution in [0.4, 0.5) is 5.82 Å². The first-order chi connectivity index (χ1) is 15.0. The van der Waals surface area contributed by atoms with Crippen LogP contribution in [0.5, 0.6) is 5.75 Å². The van der Waals surface area contributed by atoms with Crippen molar-refractivity contribution in [1.29, 1.82) is 0 Å². The summed E-state index contributed by atoms with van der Waals surface area (Å²) in [6.07, 6.45) is 1.76. The SMILES string of the molecule is Cc1nn(-c2ccc3nncn3n2)c2c1[C@@H](c1cccc(OCC(N)=O)c1)CC(=O)N2. The summed E-state index contributed by atoms with van der Waals surface area (Å²) in [7, 11) is 0. The van der Waals surface area contributed by atoms with Gasteiger partial charge < -0.3 is 15.8 Å². The molecule has 0 bridgehead atoms. The number of carbonyl (C=O) groups is 2. The number of aryl methyl sites for hydroxylation is 1. The monoisotopic (exact) mass is 418 g/mol. The summed E-state index contributed by atoms with van der Waals surface area (Å²) >= 11 is 0. The minimum atomic E-state index is -0.556. The minimum Gasteiger partial charge on any atom is -0.484 e. The number of rotatable bonds is 5. The maximum Gasteiger partial charge on any atom is 0.255 e. The predicted octanol–water partition coefficient (Wildman–Crippen LogP) is 0.957. The van der Waals surface area contributed by atoms with E-state index in [1.54, 1.807) is 27.4 Å². The lowest BCUT2D eigenvalue weighted by Gasteiger charge is -2.24. The molecule has 2 amide bonds. The first-order valence-corrected chi connectivity index (χ1v) is 9.57. The molecule has 1 aliphatic heterocycles. The molecule has 5 rings (SSSR count). The van der Waals surface area contributed by atoms with Crippen molar-refractivity contribution in [2.24, 2.45) is 5.73 Å². The molecule has 0 radical (unpaired) electrons. The van der Waals surface area contributed by atoms with E-state index in [1.807, 2.05) is 25.1 Å². The lowest BCUT2D eigenvalue weighted by Crippen LogP contribution is -2.25. The van der Waals surface area contributed by atoms with Gasteiger partial charge in [0.05, 0.1) is 5.69 Å². The highest BCUT2D eigenvalue weighted by molar-refractivity contribution is 5.95. The fraction of sp³-hybridized carbons (Fsp3) is 0.200. The number of carbonyl (C=O) groups excluding carboxylic acids is 2. The maximum atomic E-state index is 12.6. The van der Waals surface area contributed by atoms with Crippen LogP contribution in [0.15, 0.2) is 42.7 Å². The number of nitrogens with two attached hydrogens (primary N) is 1. The zero-order valence-corrected chi connectivity index (χ0v) is 16.5. The predicted molar refractivity (Wildman–Crippen MR) is 109 cm³/mol. The van der Waals surface area contributed by atoms with Crippen molar-refractivity contribution in [3.8, 4) is 11.6 Å². The smallest absolute Gasteiger partial charge is 0.255 e. The molecular weight excluding hydrogens is 400 g/mol. The molecule has 156 valence electrons. The van der Waals surface area contributed by atoms with Crippen LogP contribution in [0.3, 0.4) is 0 Å². The van der Waals surface area contributed by atoms with Gasteiger partial charge in [-0.25, -0.2) is 0 Å². The standard InChI is InChI=1S/C20H18N8O3/c1-11-19-14(12-3-2-4-13(7-12)31-9-15(21)29)8-18(30)23-20(19)28(25-11)17-6-5-16-24-22-10-27(16)26-17/h2-7,10,14H,8-9H2,1H3,(H2,21,29)(H,23,30)/t14-/m1/s1. The molecule has 1 atom stereocenters. The van der Waals surface area contributed by atoms with Gasteiger partial charge in [0.25, 0.3) is 5.91 Å². The lowest BCUT2D eigenvalue weighted by atomic mass is 9.86. The third kappa shape index (κ3) is 3.35. The summed E-state index contributed by atoms with van der Waals surface area (Å²) in [4.78, 5) is 23.6. The first-order valence-electron chi connectivity index (χ1n) is 9.57. The van der Waals surface area contributed by atoms with Crippen LogP contribution in [0.2, 0.25) is 0 Å². The van der Waals surface area contributed by atoms with Gasteiger partial charge in [0.15, 0.2) is 18.1 Å². The van der Waals surface area contributed by atoms with Crippen molar-refractivity contribution in [1.82, 2.24) is 29.6 Å². The number of nitrogens with one attached hydrogen (secondary N) is 1. The minimum absolute atomic E-state index is 0.132. The van der Waals surface area contributed by atoms with Gasteiger partial charge in [0.1, 0.15) is 17.9 Å². The number of aromatic nitrogens is 6. The number of ether oxygens (including phenoxy) is 1. The molecule has 4 heterocycles. The molecule has 11 heteroatoms. The van der Waals surface area contributed by atoms with E-state index >= 15 is 0 Å². The van der Waals surface area contributed by atoms with E-state index in [-0.39, 0.29) is 24.9 Å². The number of primary amides is 1. The quantitative estimate of drug-likeness (QED) is 0.491. The molecule has 1 aromatic carbocycles. The van der Waals surface area contributed by atoms with Crippen LogP contribution in [-0.4, -0.2) is 48.0 Å². The Bertz CT molecular complexity index is 1330. The summed E-state index contributed by atoms with van der Waals surface area (Å²) < 4.78 is 8.59. The van der Waals surface area contributed by atoms with Crippen LogP contribution in [0.25, 0.3) is 11.5 Å². The topological polar surface area (TPSA) is 142 Å². The van der Waals surface area contributed by atoms with Crippen LogP contribution in [-0.2, 0) is 9.59 Å². The van der Waals surface area contributed by atoms with Gasteiger partial charge in [0, 0.05) is 17.9 Å². The van der Waals surface area contributed by atoms with Crippen molar-refractivity contribution in [3.63, 3.8) is 0 Å². The zero-order valence-electron chi connectivity index (χ0n) is 16.5. The molecule has 1 aliphatic rings. The Morgan fingerprint density at radius 2 is 2.16 bits per heavy atom. The van der Waals surface area contributed by atoms with E-state index in [9.17, 15) is 9.59 Å². The van der Waals surface area contributed by atoms with Gasteiger partial charge >= 0.3 is 0 Å². The average molecular weight is 418 g/mol. The van der Waals surface area contributed by atoms with Crippen molar-refractivity contribution in [3.05, 3.63) is 59.5 Å². The Morgan fingerprint density at radius 1 is 1.29 bits per heavy atom. The second kappa shape index (κ2) is 7.20. The Balaban J connectivity index is 1.57. The second-order valence-electron chi connectivity index (χ2n) is 7.22. The second-order valence-corrected chi connectivity index (χ2v) is 7.22. The number of hydrogen-bond donors (Lipinski definition) is 2. The van der Waals surface area contributed by atoms with E-state index < -0.39 is 5.91 Å². The van der Waals surface area contributed by atoms with Crippen molar-refractivity contribution >= 4 is 23.3 Å². The molecule has 0 saturated carbocycles. The van der Waals surface area contributed by atoms with Crippen LogP contribution < -0.4 is 15.8 Å². The Labute approximate surface area is 175 Å². The fourth-order valence-corrected chi connectivity index (χ4v) is 3.80. The highest BCUT2D eigenvalue weighted by Crippen LogP contribution is 2.40. The van der Waals surface area contributed by atoms with Crippen molar-refractivity contribution in [2.75, 3.05) is 11.9 Å². The molecule has 4 aromatic rings. The number of anilines is 1. The van der Waals surface area contributed by atoms with E-state index in [4.69, 9.17) is 10.5 Å². The summed E-state index contributed by atoms with van der Waals surface area (Å²) in [5, 5.41) is 19.8. The van der Waals surface area contributed by atoms with Gasteiger partial charge in [-0.2, -0.15) is 14.3 Å². The number of hydrogen-bond acceptors (Lipinski definition) is 7. The number of amides is 2. The summed E-state index contributed by atoms with van der Waals surface area (Å²) in [5.41, 5.74) is 8.32. The first kappa shape index (κ1) is 18.7. The van der Waals surface area contributed by atoms with Crippen LogP contribution >= 0.6 is 0 Å². The third-order valence-electron chi connectivity index (χ3n) is 5.11. The van der Waals surface area contributed by atoms with Gasteiger partial charge in [-0.1, -0.05) is 12.1 Å². The van der Waals surface area contributed by atoms with Gasteiger partial charge in [0.2, 0.25) is 5.91 Å². The lowest BCUT2D eigenvalue weighted by molar-refractivity contribution is -0.120. The fourth-order valence-electron chi connectivity index (χ4n) is 3.80. The molecule has 3 aromatic heterocycles. The maximum absolute atomic E-state index is 12.6. The average Bonchev–Trinajstić information content (AvgIpc) is 3.35. The molecular formula is C20H18N8O3. The van der Waals surface area contributed by atoms with E-state index in [0.717, 1.165) is 16.8 Å². The van der Waals surface area contributed by atoms with Crippen molar-refractivity contribution < 1.29 is 14.3 Å². The molecule has 31 heavy (non-hydrogen) atoms. The molecule has 0 aliphatic carbocycles. The van der Waals surface area contributed by atoms with Crippen LogP contribution in [0.1, 0.15) is 29.2 Å². The van der Waals surface area contributed by atoms with E-state index in [0.29, 0.717) is 23.0 Å². The Hall–Kier alpha value is -4.28. The van der Waals surface area contributed by atoms with Gasteiger partial charge in [-0.05, 0) is 36.8 Å². The zero-order chi connectivity index (χ0) is 21.5. The number of fused-ring (bicyclic) bond motifs is 2. The number of benzene rings is 1. The molecule has 0 saturated heterocycles. The third-order valence-corrected chi connectivity index (χ3v) is 5.11. The highest BCUT2D eigenvalue weighted by atomic mass is 16.5. The molecule has 0 spiro atoms. The summed E-state index contributed by atoms with van der Waals surface area (Å²) in [5.74, 6) is 0.687. The van der Waals surface area contributed by atoms with E-state index in [2.05, 4.69) is 25.7 Å². The van der Waals surface area contributed by atoms with Crippen LogP contribution in [0, 0.1) is 6.92 Å². The Kier molecular flexibility index (Phi) is 4.35. The molecule has 0 unspecified atom stereocenters.